The number of anilines is 2. The average molecular weight is 645 g/mol. The van der Waals surface area contributed by atoms with E-state index in [0.717, 1.165) is 89.4 Å². The van der Waals surface area contributed by atoms with Crippen LogP contribution in [-0.4, -0.2) is 19.9 Å². The van der Waals surface area contributed by atoms with Gasteiger partial charge in [-0.05, 0) is 95.1 Å². The van der Waals surface area contributed by atoms with Crippen LogP contribution >= 0.6 is 0 Å². The van der Waals surface area contributed by atoms with E-state index in [1.165, 1.54) is 0 Å². The first-order chi connectivity index (χ1) is 24.6. The first kappa shape index (κ1) is 29.2. The molecule has 0 fully saturated rings. The third-order valence-electron chi connectivity index (χ3n) is 9.23. The SMILES string of the molecule is Nc1cccc(-c2c3nc(c(-c4ccccc4)c4ccc([nH]4)c(-c4ccccc4)c4nc(c(-c5cccc(N)c5)c5ccc2[nH]5)C=C4)C=C3)c1. The van der Waals surface area contributed by atoms with E-state index in [4.69, 9.17) is 21.4 Å². The zero-order valence-electron chi connectivity index (χ0n) is 27.1. The lowest BCUT2D eigenvalue weighted by molar-refractivity contribution is 1.31. The van der Waals surface area contributed by atoms with E-state index >= 15 is 0 Å². The zero-order valence-corrected chi connectivity index (χ0v) is 27.1. The number of rotatable bonds is 4. The molecule has 2 aliphatic heterocycles. The van der Waals surface area contributed by atoms with E-state index in [2.05, 4.69) is 119 Å². The van der Waals surface area contributed by atoms with Crippen LogP contribution in [-0.2, 0) is 0 Å². The second-order valence-electron chi connectivity index (χ2n) is 12.5. The molecule has 0 spiro atoms. The van der Waals surface area contributed by atoms with Gasteiger partial charge in [-0.15, -0.1) is 0 Å². The molecule has 0 unspecified atom stereocenters. The Morgan fingerprint density at radius 3 is 1.00 bits per heavy atom. The highest BCUT2D eigenvalue weighted by Crippen LogP contribution is 2.38. The number of fused-ring (bicyclic) bond motifs is 8. The molecule has 8 bridgehead atoms. The Labute approximate surface area is 289 Å². The quantitative estimate of drug-likeness (QED) is 0.143. The van der Waals surface area contributed by atoms with Crippen molar-refractivity contribution >= 4 is 57.7 Å². The molecule has 6 heteroatoms. The molecule has 2 aliphatic rings. The highest BCUT2D eigenvalue weighted by atomic mass is 14.8. The number of aromatic amines is 2. The molecule has 5 heterocycles. The zero-order chi connectivity index (χ0) is 33.6. The van der Waals surface area contributed by atoms with E-state index < -0.39 is 0 Å². The molecular weight excluding hydrogens is 613 g/mol. The molecule has 0 saturated heterocycles. The van der Waals surface area contributed by atoms with Crippen LogP contribution in [0.3, 0.4) is 0 Å². The predicted octanol–water partition coefficient (Wildman–Crippen LogP) is 10.5. The number of nitrogens with one attached hydrogen (secondary N) is 2. The largest absolute Gasteiger partial charge is 0.399 e. The highest BCUT2D eigenvalue weighted by molar-refractivity contribution is 6.00. The van der Waals surface area contributed by atoms with Crippen molar-refractivity contribution in [2.75, 3.05) is 11.5 Å². The van der Waals surface area contributed by atoms with Crippen molar-refractivity contribution in [2.45, 2.75) is 0 Å². The summed E-state index contributed by atoms with van der Waals surface area (Å²) in [6.45, 7) is 0. The molecule has 0 amide bonds. The summed E-state index contributed by atoms with van der Waals surface area (Å²) in [7, 11) is 0. The summed E-state index contributed by atoms with van der Waals surface area (Å²) in [5.41, 5.74) is 29.2. The Morgan fingerprint density at radius 2 is 0.660 bits per heavy atom. The van der Waals surface area contributed by atoms with Crippen molar-refractivity contribution in [1.29, 1.82) is 0 Å². The van der Waals surface area contributed by atoms with E-state index in [1.54, 1.807) is 0 Å². The van der Waals surface area contributed by atoms with Crippen molar-refractivity contribution < 1.29 is 0 Å². The molecule has 7 aromatic rings. The second kappa shape index (κ2) is 12.0. The minimum Gasteiger partial charge on any atom is -0.399 e. The normalized spacial score (nSPS) is 12.0. The molecule has 6 nitrogen and oxygen atoms in total. The van der Waals surface area contributed by atoms with Crippen molar-refractivity contribution in [2.24, 2.45) is 0 Å². The summed E-state index contributed by atoms with van der Waals surface area (Å²) in [4.78, 5) is 18.2. The van der Waals surface area contributed by atoms with Gasteiger partial charge in [-0.3, -0.25) is 0 Å². The average Bonchev–Trinajstić information content (AvgIpc) is 3.97. The van der Waals surface area contributed by atoms with Gasteiger partial charge in [0.25, 0.3) is 0 Å². The molecule has 9 rings (SSSR count). The van der Waals surface area contributed by atoms with Crippen LogP contribution in [0.5, 0.6) is 0 Å². The Morgan fingerprint density at radius 1 is 0.340 bits per heavy atom. The molecule has 0 atom stereocenters. The van der Waals surface area contributed by atoms with Crippen LogP contribution < -0.4 is 11.5 Å². The van der Waals surface area contributed by atoms with Crippen LogP contribution in [0.25, 0.3) is 90.9 Å². The van der Waals surface area contributed by atoms with E-state index in [-0.39, 0.29) is 0 Å². The van der Waals surface area contributed by atoms with Crippen LogP contribution in [0.1, 0.15) is 22.8 Å². The van der Waals surface area contributed by atoms with Gasteiger partial charge in [0.15, 0.2) is 0 Å². The summed E-state index contributed by atoms with van der Waals surface area (Å²) in [5, 5.41) is 0. The number of hydrogen-bond donors (Lipinski definition) is 4. The number of aromatic nitrogens is 4. The van der Waals surface area contributed by atoms with Crippen LogP contribution in [0.15, 0.2) is 133 Å². The fourth-order valence-corrected chi connectivity index (χ4v) is 7.02. The van der Waals surface area contributed by atoms with Gasteiger partial charge in [-0.1, -0.05) is 84.9 Å². The summed E-state index contributed by atoms with van der Waals surface area (Å²) >= 11 is 0. The molecule has 3 aromatic heterocycles. The lowest BCUT2D eigenvalue weighted by Gasteiger charge is -2.07. The van der Waals surface area contributed by atoms with Crippen molar-refractivity contribution in [3.05, 3.63) is 156 Å². The lowest BCUT2D eigenvalue weighted by Crippen LogP contribution is -1.91. The Bertz CT molecular complexity index is 2480. The molecule has 0 saturated carbocycles. The fourth-order valence-electron chi connectivity index (χ4n) is 7.02. The minimum absolute atomic E-state index is 0.683. The minimum atomic E-state index is 0.683. The predicted molar refractivity (Wildman–Crippen MR) is 209 cm³/mol. The number of H-pyrrole nitrogens is 2. The first-order valence-electron chi connectivity index (χ1n) is 16.6. The molecule has 4 aromatic carbocycles. The van der Waals surface area contributed by atoms with Gasteiger partial charge < -0.3 is 21.4 Å². The van der Waals surface area contributed by atoms with Gasteiger partial charge in [0.2, 0.25) is 0 Å². The molecule has 0 aliphatic carbocycles. The first-order valence-corrected chi connectivity index (χ1v) is 16.6. The fraction of sp³-hybridized carbons (Fsp3) is 0. The molecule has 6 N–H and O–H groups in total. The Hall–Kier alpha value is -6.92. The molecule has 50 heavy (non-hydrogen) atoms. The monoisotopic (exact) mass is 644 g/mol. The third kappa shape index (κ3) is 5.16. The summed E-state index contributed by atoms with van der Waals surface area (Å²) in [6.07, 6.45) is 8.38. The number of hydrogen-bond acceptors (Lipinski definition) is 4. The summed E-state index contributed by atoms with van der Waals surface area (Å²) in [6, 6.07) is 45.2. The highest BCUT2D eigenvalue weighted by Gasteiger charge is 2.19. The smallest absolute Gasteiger partial charge is 0.0737 e. The maximum absolute atomic E-state index is 6.35. The van der Waals surface area contributed by atoms with Crippen LogP contribution in [0.4, 0.5) is 11.4 Å². The molecule has 238 valence electrons. The topological polar surface area (TPSA) is 109 Å². The lowest BCUT2D eigenvalue weighted by atomic mass is 10.0. The maximum atomic E-state index is 6.35. The van der Waals surface area contributed by atoms with Crippen molar-refractivity contribution in [3.8, 4) is 44.5 Å². The van der Waals surface area contributed by atoms with E-state index in [9.17, 15) is 0 Å². The van der Waals surface area contributed by atoms with Gasteiger partial charge in [0.1, 0.15) is 0 Å². The molecule has 0 radical (unpaired) electrons. The van der Waals surface area contributed by atoms with Crippen LogP contribution in [0, 0.1) is 0 Å². The van der Waals surface area contributed by atoms with E-state index in [1.807, 2.05) is 48.5 Å². The Kier molecular flexibility index (Phi) is 6.99. The van der Waals surface area contributed by atoms with Crippen LogP contribution in [0.2, 0.25) is 0 Å². The second-order valence-corrected chi connectivity index (χ2v) is 12.5. The third-order valence-corrected chi connectivity index (χ3v) is 9.23. The number of nitrogen functional groups attached to an aromatic ring is 2. The number of nitrogens with two attached hydrogens (primary N) is 2. The van der Waals surface area contributed by atoms with Gasteiger partial charge in [-0.25, -0.2) is 9.97 Å². The van der Waals surface area contributed by atoms with Gasteiger partial charge >= 0.3 is 0 Å². The number of nitrogens with zero attached hydrogens (tertiary/aromatic N) is 2. The maximum Gasteiger partial charge on any atom is 0.0737 e. The summed E-state index contributed by atoms with van der Waals surface area (Å²) < 4.78 is 0. The standard InChI is InChI=1S/C44H32N6/c45-31-15-7-13-29(25-31)43-37-21-19-35(48-37)41(27-9-3-1-4-10-27)33-17-18-34(47-33)42(28-11-5-2-6-12-28)36-20-22-38(49-36)44(40-24-23-39(43)50-40)30-14-8-16-32(46)26-30/h1-26,47,50H,45-46H2. The summed E-state index contributed by atoms with van der Waals surface area (Å²) in [5.74, 6) is 0. The van der Waals surface area contributed by atoms with Crippen molar-refractivity contribution in [3.63, 3.8) is 0 Å². The van der Waals surface area contributed by atoms with Gasteiger partial charge in [0, 0.05) is 55.7 Å². The Balaban J connectivity index is 1.49. The number of benzene rings is 4. The van der Waals surface area contributed by atoms with Gasteiger partial charge in [-0.2, -0.15) is 0 Å². The molecular formula is C44H32N6. The van der Waals surface area contributed by atoms with E-state index in [0.29, 0.717) is 11.4 Å². The van der Waals surface area contributed by atoms with Crippen molar-refractivity contribution in [1.82, 2.24) is 19.9 Å². The van der Waals surface area contributed by atoms with Gasteiger partial charge in [0.05, 0.1) is 22.8 Å².